The molecule has 0 unspecified atom stereocenters. The van der Waals surface area contributed by atoms with E-state index >= 15 is 0 Å². The number of nitriles is 1. The number of rotatable bonds is 1. The summed E-state index contributed by atoms with van der Waals surface area (Å²) in [5, 5.41) is 8.94. The third-order valence-electron chi connectivity index (χ3n) is 5.15. The molecule has 136 valence electrons. The summed E-state index contributed by atoms with van der Waals surface area (Å²) < 4.78 is 28.2. The van der Waals surface area contributed by atoms with Gasteiger partial charge in [0.1, 0.15) is 17.4 Å². The van der Waals surface area contributed by atoms with E-state index in [1.165, 1.54) is 4.90 Å². The number of halogens is 3. The van der Waals surface area contributed by atoms with Crippen LogP contribution < -0.4 is 0 Å². The van der Waals surface area contributed by atoms with Gasteiger partial charge in [0.25, 0.3) is 5.91 Å². The first-order valence-corrected chi connectivity index (χ1v) is 8.59. The van der Waals surface area contributed by atoms with Crippen molar-refractivity contribution < 1.29 is 18.4 Å². The first kappa shape index (κ1) is 18.5. The van der Waals surface area contributed by atoms with Gasteiger partial charge in [0, 0.05) is 23.9 Å². The lowest BCUT2D eigenvalue weighted by Crippen LogP contribution is -2.41. The summed E-state index contributed by atoms with van der Waals surface area (Å²) in [5.74, 6) is -3.04. The molecule has 1 aromatic rings. The molecule has 0 bridgehead atoms. The highest BCUT2D eigenvalue weighted by molar-refractivity contribution is 6.31. The maximum absolute atomic E-state index is 14.2. The summed E-state index contributed by atoms with van der Waals surface area (Å²) in [6.45, 7) is 4.01. The molecule has 1 aliphatic heterocycles. The van der Waals surface area contributed by atoms with Crippen molar-refractivity contribution >= 4 is 23.3 Å². The van der Waals surface area contributed by atoms with E-state index in [-0.39, 0.29) is 29.5 Å². The van der Waals surface area contributed by atoms with Crippen molar-refractivity contribution in [1.82, 2.24) is 4.90 Å². The molecule has 1 saturated heterocycles. The number of Topliss-reactive ketones (excluding diaryl/α,β-unsaturated/α-hetero) is 1. The van der Waals surface area contributed by atoms with Gasteiger partial charge in [-0.3, -0.25) is 9.59 Å². The van der Waals surface area contributed by atoms with Gasteiger partial charge in [0.2, 0.25) is 0 Å². The number of carbonyl (C=O) groups excluding carboxylic acids is 2. The Bertz CT molecular complexity index is 888. The lowest BCUT2D eigenvalue weighted by atomic mass is 9.64. The summed E-state index contributed by atoms with van der Waals surface area (Å²) in [7, 11) is 0. The molecule has 1 spiro atoms. The van der Waals surface area contributed by atoms with Gasteiger partial charge >= 0.3 is 0 Å². The van der Waals surface area contributed by atoms with Crippen LogP contribution in [-0.4, -0.2) is 29.7 Å². The summed E-state index contributed by atoms with van der Waals surface area (Å²) >= 11 is 5.67. The average Bonchev–Trinajstić information content (AvgIpc) is 2.97. The van der Waals surface area contributed by atoms with E-state index in [1.54, 1.807) is 19.9 Å². The molecule has 1 atom stereocenters. The van der Waals surface area contributed by atoms with Gasteiger partial charge in [0.05, 0.1) is 10.6 Å². The Morgan fingerprint density at radius 1 is 1.35 bits per heavy atom. The fourth-order valence-corrected chi connectivity index (χ4v) is 4.20. The maximum atomic E-state index is 14.2. The Morgan fingerprint density at radius 3 is 2.69 bits per heavy atom. The quantitative estimate of drug-likeness (QED) is 0.696. The molecule has 0 N–H and O–H groups in total. The summed E-state index contributed by atoms with van der Waals surface area (Å²) in [5.41, 5.74) is -1.88. The van der Waals surface area contributed by atoms with Gasteiger partial charge in [-0.1, -0.05) is 31.5 Å². The molecule has 1 heterocycles. The molecule has 26 heavy (non-hydrogen) atoms. The smallest absolute Gasteiger partial charge is 0.259 e. The topological polar surface area (TPSA) is 61.2 Å². The number of amides is 1. The maximum Gasteiger partial charge on any atom is 0.259 e. The molecule has 0 radical (unpaired) electrons. The highest BCUT2D eigenvalue weighted by atomic mass is 35.5. The van der Waals surface area contributed by atoms with E-state index in [0.717, 1.165) is 12.1 Å². The molecule has 1 aromatic carbocycles. The van der Waals surface area contributed by atoms with Gasteiger partial charge in [-0.05, 0) is 25.0 Å². The van der Waals surface area contributed by atoms with Crippen LogP contribution >= 0.6 is 11.6 Å². The van der Waals surface area contributed by atoms with Crippen LogP contribution in [0, 0.1) is 33.8 Å². The average molecular weight is 379 g/mol. The monoisotopic (exact) mass is 378 g/mol. The Balaban J connectivity index is 1.93. The van der Waals surface area contributed by atoms with Crippen molar-refractivity contribution in [2.75, 3.05) is 13.1 Å². The molecule has 0 saturated carbocycles. The van der Waals surface area contributed by atoms with Crippen molar-refractivity contribution in [3.63, 3.8) is 0 Å². The van der Waals surface area contributed by atoms with E-state index in [4.69, 9.17) is 11.6 Å². The van der Waals surface area contributed by atoms with Crippen LogP contribution in [0.15, 0.2) is 23.8 Å². The number of likely N-dealkylation sites (tertiary alicyclic amines) is 1. The van der Waals surface area contributed by atoms with Crippen LogP contribution in [0.25, 0.3) is 0 Å². The number of ketones is 1. The molecule has 2 aliphatic rings. The minimum absolute atomic E-state index is 0.0793. The lowest BCUT2D eigenvalue weighted by Gasteiger charge is -2.38. The summed E-state index contributed by atoms with van der Waals surface area (Å²) in [6, 6.07) is 3.95. The second kappa shape index (κ2) is 6.17. The third kappa shape index (κ3) is 2.90. The van der Waals surface area contributed by atoms with Gasteiger partial charge < -0.3 is 4.90 Å². The van der Waals surface area contributed by atoms with Crippen LogP contribution in [0.1, 0.15) is 37.0 Å². The molecular weight excluding hydrogens is 362 g/mol. The van der Waals surface area contributed by atoms with Crippen molar-refractivity contribution in [3.8, 4) is 6.07 Å². The van der Waals surface area contributed by atoms with E-state index < -0.39 is 33.9 Å². The van der Waals surface area contributed by atoms with E-state index in [2.05, 4.69) is 0 Å². The largest absolute Gasteiger partial charge is 0.338 e. The minimum Gasteiger partial charge on any atom is -0.338 e. The minimum atomic E-state index is -1.08. The van der Waals surface area contributed by atoms with Gasteiger partial charge in [-0.2, -0.15) is 5.26 Å². The fourth-order valence-electron chi connectivity index (χ4n) is 4.04. The second-order valence-corrected chi connectivity index (χ2v) is 8.02. The van der Waals surface area contributed by atoms with Gasteiger partial charge in [0.15, 0.2) is 11.6 Å². The summed E-state index contributed by atoms with van der Waals surface area (Å²) in [4.78, 5) is 26.3. The molecule has 1 amide bonds. The van der Waals surface area contributed by atoms with Crippen molar-refractivity contribution in [1.29, 1.82) is 5.26 Å². The molecule has 3 rings (SSSR count). The van der Waals surface area contributed by atoms with E-state index in [1.807, 2.05) is 6.07 Å². The molecule has 1 fully saturated rings. The summed E-state index contributed by atoms with van der Waals surface area (Å²) in [6.07, 6.45) is 2.61. The zero-order valence-electron chi connectivity index (χ0n) is 14.4. The van der Waals surface area contributed by atoms with Crippen molar-refractivity contribution in [2.45, 2.75) is 26.7 Å². The molecule has 0 aromatic heterocycles. The van der Waals surface area contributed by atoms with E-state index in [9.17, 15) is 23.6 Å². The Morgan fingerprint density at radius 2 is 2.04 bits per heavy atom. The molecular formula is C19H17ClF2N2O2. The van der Waals surface area contributed by atoms with Crippen LogP contribution in [0.5, 0.6) is 0 Å². The zero-order valence-corrected chi connectivity index (χ0v) is 15.2. The van der Waals surface area contributed by atoms with Gasteiger partial charge in [-0.15, -0.1) is 0 Å². The van der Waals surface area contributed by atoms with Crippen molar-refractivity contribution in [2.24, 2.45) is 10.8 Å². The number of benzene rings is 1. The Hall–Kier alpha value is -2.26. The van der Waals surface area contributed by atoms with Crippen molar-refractivity contribution in [3.05, 3.63) is 46.0 Å². The van der Waals surface area contributed by atoms with Gasteiger partial charge in [-0.25, -0.2) is 8.78 Å². The highest BCUT2D eigenvalue weighted by Gasteiger charge is 2.49. The molecule has 1 aliphatic carbocycles. The highest BCUT2D eigenvalue weighted by Crippen LogP contribution is 2.48. The first-order valence-electron chi connectivity index (χ1n) is 8.21. The zero-order chi connectivity index (χ0) is 19.3. The number of nitrogens with zero attached hydrogens (tertiary/aromatic N) is 2. The fraction of sp³-hybridized carbons (Fsp3) is 0.421. The number of hydrogen-bond acceptors (Lipinski definition) is 3. The molecule has 4 nitrogen and oxygen atoms in total. The second-order valence-electron chi connectivity index (χ2n) is 7.62. The Kier molecular flexibility index (Phi) is 4.40. The SMILES string of the molecule is CC1(C)C[C@]2(C=C(C#N)C1=O)CCN(C(=O)c1c(F)ccc(Cl)c1F)C2. The number of hydrogen-bond donors (Lipinski definition) is 0. The Labute approximate surface area is 155 Å². The third-order valence-corrected chi connectivity index (χ3v) is 5.45. The lowest BCUT2D eigenvalue weighted by molar-refractivity contribution is -0.125. The standard InChI is InChI=1S/C19H17ClF2N2O2/c1-18(2)9-19(7-11(8-23)16(18)25)5-6-24(10-19)17(26)14-13(21)4-3-12(20)15(14)22/h3-4,7H,5-6,9-10H2,1-2H3/t19-/m1/s1. The van der Waals surface area contributed by atoms with E-state index in [0.29, 0.717) is 12.8 Å². The molecule has 7 heteroatoms. The normalized spacial score (nSPS) is 24.5. The van der Waals surface area contributed by atoms with Crippen LogP contribution in [-0.2, 0) is 4.79 Å². The predicted octanol–water partition coefficient (Wildman–Crippen LogP) is 3.90. The predicted molar refractivity (Wildman–Crippen MR) is 91.4 cm³/mol. The number of carbonyl (C=O) groups is 2. The first-order chi connectivity index (χ1) is 12.1. The van der Waals surface area contributed by atoms with Crippen LogP contribution in [0.2, 0.25) is 5.02 Å². The van der Waals surface area contributed by atoms with Crippen LogP contribution in [0.4, 0.5) is 8.78 Å². The number of allylic oxidation sites excluding steroid dienone is 1. The van der Waals surface area contributed by atoms with Crippen LogP contribution in [0.3, 0.4) is 0 Å².